The molecule has 6 nitrogen and oxygen atoms in total. The number of likely N-dealkylation sites (tertiary alicyclic amines) is 2. The first-order valence-electron chi connectivity index (χ1n) is 9.10. The van der Waals surface area contributed by atoms with Crippen LogP contribution in [0.3, 0.4) is 0 Å². The van der Waals surface area contributed by atoms with Gasteiger partial charge in [0, 0.05) is 37.3 Å². The highest BCUT2D eigenvalue weighted by Gasteiger charge is 2.36. The van der Waals surface area contributed by atoms with Gasteiger partial charge >= 0.3 is 0 Å². The quantitative estimate of drug-likeness (QED) is 0.856. The smallest absolute Gasteiger partial charge is 0.229 e. The predicted octanol–water partition coefficient (Wildman–Crippen LogP) is 1.97. The number of aryl methyl sites for hydroxylation is 1. The summed E-state index contributed by atoms with van der Waals surface area (Å²) in [5.74, 6) is -0.261. The number of phenols is 1. The summed E-state index contributed by atoms with van der Waals surface area (Å²) in [6.07, 6.45) is 2.57. The lowest BCUT2D eigenvalue weighted by Gasteiger charge is -2.27. The van der Waals surface area contributed by atoms with Crippen LogP contribution in [0.1, 0.15) is 31.7 Å². The van der Waals surface area contributed by atoms with Crippen LogP contribution in [-0.2, 0) is 9.59 Å². The molecule has 2 aliphatic rings. The molecule has 136 valence electrons. The number of likely N-dealkylation sites (N-methyl/N-ethyl adjacent to an activating group) is 1. The molecule has 2 fully saturated rings. The van der Waals surface area contributed by atoms with E-state index in [9.17, 15) is 14.7 Å². The SMILES string of the molecule is CCN1CCC[C@H]1CN1C[C@H](C(=O)Nc2ccc(C)c(O)c2)CC1=O. The van der Waals surface area contributed by atoms with E-state index in [-0.39, 0.29) is 29.9 Å². The first kappa shape index (κ1) is 17.7. The fraction of sp³-hybridized carbons (Fsp3) is 0.579. The van der Waals surface area contributed by atoms with Crippen LogP contribution in [0, 0.1) is 12.8 Å². The number of anilines is 1. The minimum Gasteiger partial charge on any atom is -0.508 e. The molecule has 2 amide bonds. The van der Waals surface area contributed by atoms with Crippen LogP contribution >= 0.6 is 0 Å². The van der Waals surface area contributed by atoms with Crippen LogP contribution in [0.25, 0.3) is 0 Å². The maximum atomic E-state index is 12.5. The van der Waals surface area contributed by atoms with Crippen LogP contribution in [-0.4, -0.2) is 58.9 Å². The third-order valence-corrected chi connectivity index (χ3v) is 5.40. The van der Waals surface area contributed by atoms with Gasteiger partial charge in [0.05, 0.1) is 5.92 Å². The van der Waals surface area contributed by atoms with Crippen molar-refractivity contribution >= 4 is 17.5 Å². The van der Waals surface area contributed by atoms with E-state index in [1.165, 1.54) is 6.42 Å². The van der Waals surface area contributed by atoms with Crippen molar-refractivity contribution in [2.75, 3.05) is 31.5 Å². The minimum atomic E-state index is -0.326. The van der Waals surface area contributed by atoms with Crippen molar-refractivity contribution in [1.29, 1.82) is 0 Å². The van der Waals surface area contributed by atoms with Gasteiger partial charge in [-0.15, -0.1) is 0 Å². The molecule has 2 saturated heterocycles. The molecule has 1 aromatic carbocycles. The van der Waals surface area contributed by atoms with Gasteiger partial charge in [-0.05, 0) is 44.5 Å². The Hall–Kier alpha value is -2.08. The average molecular weight is 345 g/mol. The van der Waals surface area contributed by atoms with Crippen molar-refractivity contribution in [3.05, 3.63) is 23.8 Å². The monoisotopic (exact) mass is 345 g/mol. The van der Waals surface area contributed by atoms with Gasteiger partial charge in [-0.25, -0.2) is 0 Å². The second kappa shape index (κ2) is 7.44. The normalized spacial score (nSPS) is 24.1. The second-order valence-electron chi connectivity index (χ2n) is 7.11. The Bertz CT molecular complexity index is 661. The molecule has 3 rings (SSSR count). The highest BCUT2D eigenvalue weighted by molar-refractivity contribution is 5.97. The number of carbonyl (C=O) groups excluding carboxylic acids is 2. The number of hydrogen-bond acceptors (Lipinski definition) is 4. The number of hydrogen-bond donors (Lipinski definition) is 2. The Balaban J connectivity index is 1.57. The van der Waals surface area contributed by atoms with E-state index < -0.39 is 0 Å². The molecule has 0 saturated carbocycles. The number of phenolic OH excluding ortho intramolecular Hbond substituents is 1. The fourth-order valence-electron chi connectivity index (χ4n) is 3.83. The van der Waals surface area contributed by atoms with Gasteiger partial charge in [0.15, 0.2) is 0 Å². The van der Waals surface area contributed by atoms with Gasteiger partial charge < -0.3 is 15.3 Å². The zero-order valence-electron chi connectivity index (χ0n) is 15.0. The maximum absolute atomic E-state index is 12.5. The van der Waals surface area contributed by atoms with Crippen molar-refractivity contribution in [3.8, 4) is 5.75 Å². The van der Waals surface area contributed by atoms with Crippen molar-refractivity contribution < 1.29 is 14.7 Å². The molecule has 0 spiro atoms. The van der Waals surface area contributed by atoms with Crippen LogP contribution in [0.15, 0.2) is 18.2 Å². The van der Waals surface area contributed by atoms with Gasteiger partial charge in [0.1, 0.15) is 5.75 Å². The molecular formula is C19H27N3O3. The largest absolute Gasteiger partial charge is 0.508 e. The van der Waals surface area contributed by atoms with E-state index in [0.29, 0.717) is 18.3 Å². The number of aromatic hydroxyl groups is 1. The van der Waals surface area contributed by atoms with E-state index in [0.717, 1.165) is 31.6 Å². The molecule has 25 heavy (non-hydrogen) atoms. The molecule has 0 bridgehead atoms. The Morgan fingerprint density at radius 2 is 2.20 bits per heavy atom. The number of carbonyl (C=O) groups is 2. The number of nitrogens with one attached hydrogen (secondary N) is 1. The second-order valence-corrected chi connectivity index (χ2v) is 7.11. The first-order chi connectivity index (χ1) is 12.0. The summed E-state index contributed by atoms with van der Waals surface area (Å²) < 4.78 is 0. The number of benzene rings is 1. The van der Waals surface area contributed by atoms with E-state index in [4.69, 9.17) is 0 Å². The lowest BCUT2D eigenvalue weighted by molar-refractivity contribution is -0.128. The van der Waals surface area contributed by atoms with Crippen LogP contribution in [0.2, 0.25) is 0 Å². The average Bonchev–Trinajstić information content (AvgIpc) is 3.18. The predicted molar refractivity (Wildman–Crippen MR) is 96.4 cm³/mol. The van der Waals surface area contributed by atoms with Gasteiger partial charge in [-0.2, -0.15) is 0 Å². The Morgan fingerprint density at radius 1 is 1.40 bits per heavy atom. The summed E-state index contributed by atoms with van der Waals surface area (Å²) >= 11 is 0. The molecule has 0 radical (unpaired) electrons. The molecule has 0 aromatic heterocycles. The highest BCUT2D eigenvalue weighted by Crippen LogP contribution is 2.25. The van der Waals surface area contributed by atoms with Gasteiger partial charge in [0.2, 0.25) is 11.8 Å². The Labute approximate surface area is 148 Å². The van der Waals surface area contributed by atoms with E-state index in [1.807, 2.05) is 4.90 Å². The summed E-state index contributed by atoms with van der Waals surface area (Å²) in [5.41, 5.74) is 1.32. The Kier molecular flexibility index (Phi) is 5.27. The summed E-state index contributed by atoms with van der Waals surface area (Å²) in [6.45, 7) is 7.27. The van der Waals surface area contributed by atoms with Crippen molar-refractivity contribution in [2.45, 2.75) is 39.2 Å². The zero-order valence-corrected chi connectivity index (χ0v) is 15.0. The van der Waals surface area contributed by atoms with E-state index >= 15 is 0 Å². The van der Waals surface area contributed by atoms with Crippen LogP contribution < -0.4 is 5.32 Å². The number of rotatable bonds is 5. The van der Waals surface area contributed by atoms with Crippen molar-refractivity contribution in [1.82, 2.24) is 9.80 Å². The third kappa shape index (κ3) is 3.95. The molecular weight excluding hydrogens is 318 g/mol. The van der Waals surface area contributed by atoms with Crippen LogP contribution in [0.4, 0.5) is 5.69 Å². The molecule has 0 unspecified atom stereocenters. The first-order valence-corrected chi connectivity index (χ1v) is 9.10. The summed E-state index contributed by atoms with van der Waals surface area (Å²) in [4.78, 5) is 29.0. The number of amides is 2. The minimum absolute atomic E-state index is 0.0647. The van der Waals surface area contributed by atoms with Crippen molar-refractivity contribution in [3.63, 3.8) is 0 Å². The van der Waals surface area contributed by atoms with E-state index in [1.54, 1.807) is 25.1 Å². The molecule has 2 N–H and O–H groups in total. The van der Waals surface area contributed by atoms with Gasteiger partial charge in [0.25, 0.3) is 0 Å². The zero-order chi connectivity index (χ0) is 18.0. The van der Waals surface area contributed by atoms with E-state index in [2.05, 4.69) is 17.1 Å². The van der Waals surface area contributed by atoms with Gasteiger partial charge in [-0.3, -0.25) is 14.5 Å². The number of nitrogens with zero attached hydrogens (tertiary/aromatic N) is 2. The standard InChI is InChI=1S/C19H27N3O3/c1-3-21-8-4-5-16(21)12-22-11-14(9-18(22)24)19(25)20-15-7-6-13(2)17(23)10-15/h6-7,10,14,16,23H,3-5,8-9,11-12H2,1-2H3,(H,20,25)/t14-,16+/m1/s1. The molecule has 2 aliphatic heterocycles. The van der Waals surface area contributed by atoms with Gasteiger partial charge in [-0.1, -0.05) is 13.0 Å². The Morgan fingerprint density at radius 3 is 2.92 bits per heavy atom. The molecule has 6 heteroatoms. The molecule has 2 heterocycles. The summed E-state index contributed by atoms with van der Waals surface area (Å²) in [5, 5.41) is 12.6. The summed E-state index contributed by atoms with van der Waals surface area (Å²) in [7, 11) is 0. The fourth-order valence-corrected chi connectivity index (χ4v) is 3.83. The summed E-state index contributed by atoms with van der Waals surface area (Å²) in [6, 6.07) is 5.49. The van der Waals surface area contributed by atoms with Crippen molar-refractivity contribution in [2.24, 2.45) is 5.92 Å². The lowest BCUT2D eigenvalue weighted by atomic mass is 10.1. The molecule has 1 aromatic rings. The molecule has 2 atom stereocenters. The lowest BCUT2D eigenvalue weighted by Crippen LogP contribution is -2.41. The third-order valence-electron chi connectivity index (χ3n) is 5.40. The highest BCUT2D eigenvalue weighted by atomic mass is 16.3. The topological polar surface area (TPSA) is 72.9 Å². The maximum Gasteiger partial charge on any atom is 0.229 e. The molecule has 0 aliphatic carbocycles. The van der Waals surface area contributed by atoms with Crippen LogP contribution in [0.5, 0.6) is 5.75 Å².